The minimum Gasteiger partial charge on any atom is -0.450 e. The Morgan fingerprint density at radius 3 is 2.40 bits per heavy atom. The molecule has 0 aliphatic carbocycles. The van der Waals surface area contributed by atoms with Gasteiger partial charge in [-0.3, -0.25) is 9.89 Å². The maximum absolute atomic E-state index is 11.8. The van der Waals surface area contributed by atoms with Gasteiger partial charge >= 0.3 is 6.09 Å². The number of nitrogens with one attached hydrogen (secondary N) is 1. The molecule has 1 amide bonds. The van der Waals surface area contributed by atoms with E-state index in [1.165, 1.54) is 25.8 Å². The largest absolute Gasteiger partial charge is 0.450 e. The predicted molar refractivity (Wildman–Crippen MR) is 112 cm³/mol. The monoisotopic (exact) mass is 467 g/mol. The van der Waals surface area contributed by atoms with Crippen LogP contribution in [0.2, 0.25) is 0 Å². The number of likely N-dealkylation sites (N-methyl/N-ethyl adjacent to an activating group) is 1. The summed E-state index contributed by atoms with van der Waals surface area (Å²) in [5.74, 6) is 0.945. The second-order valence-electron chi connectivity index (χ2n) is 6.38. The zero-order valence-corrected chi connectivity index (χ0v) is 18.2. The lowest BCUT2D eigenvalue weighted by molar-refractivity contribution is 0.0912. The first kappa shape index (κ1) is 22.3. The van der Waals surface area contributed by atoms with Crippen molar-refractivity contribution < 1.29 is 9.53 Å². The first-order valence-electron chi connectivity index (χ1n) is 9.30. The summed E-state index contributed by atoms with van der Waals surface area (Å²) in [4.78, 5) is 22.8. The van der Waals surface area contributed by atoms with Crippen LogP contribution in [-0.4, -0.2) is 92.3 Å². The Labute approximate surface area is 169 Å². The molecule has 1 unspecified atom stereocenters. The molecule has 2 heterocycles. The van der Waals surface area contributed by atoms with Crippen molar-refractivity contribution >= 4 is 36.0 Å². The van der Waals surface area contributed by atoms with E-state index < -0.39 is 0 Å². The molecule has 0 spiro atoms. The molecule has 146 valence electrons. The number of amides is 1. The van der Waals surface area contributed by atoms with E-state index in [1.807, 2.05) is 14.0 Å². The molecule has 0 radical (unpaired) electrons. The summed E-state index contributed by atoms with van der Waals surface area (Å²) in [6, 6.07) is 0.598. The molecule has 2 rings (SSSR count). The molecule has 1 atom stereocenters. The van der Waals surface area contributed by atoms with Gasteiger partial charge in [0.25, 0.3) is 0 Å². The third-order valence-corrected chi connectivity index (χ3v) is 4.97. The van der Waals surface area contributed by atoms with E-state index in [0.717, 1.165) is 32.1 Å². The van der Waals surface area contributed by atoms with Crippen LogP contribution in [0.15, 0.2) is 4.99 Å². The van der Waals surface area contributed by atoms with E-state index in [4.69, 9.17) is 4.74 Å². The van der Waals surface area contributed by atoms with Crippen molar-refractivity contribution in [3.63, 3.8) is 0 Å². The van der Waals surface area contributed by atoms with Gasteiger partial charge in [-0.25, -0.2) is 4.79 Å². The second-order valence-corrected chi connectivity index (χ2v) is 6.38. The SMILES string of the molecule is CCOC(=O)N1CCN(C(=NC)NCC2CCCCN2CC)CC1.I. The number of halogens is 1. The highest BCUT2D eigenvalue weighted by atomic mass is 127. The van der Waals surface area contributed by atoms with Gasteiger partial charge in [0, 0.05) is 45.8 Å². The number of carbonyl (C=O) groups is 1. The minimum atomic E-state index is -0.208. The Kier molecular flexibility index (Phi) is 10.5. The van der Waals surface area contributed by atoms with Crippen LogP contribution in [0, 0.1) is 0 Å². The fraction of sp³-hybridized carbons (Fsp3) is 0.882. The number of ether oxygens (including phenoxy) is 1. The quantitative estimate of drug-likeness (QED) is 0.389. The Balaban J connectivity index is 0.00000312. The summed E-state index contributed by atoms with van der Waals surface area (Å²) in [5.41, 5.74) is 0. The molecule has 25 heavy (non-hydrogen) atoms. The number of piperazine rings is 1. The lowest BCUT2D eigenvalue weighted by Gasteiger charge is -2.38. The predicted octanol–water partition coefficient (Wildman–Crippen LogP) is 1.83. The average Bonchev–Trinajstić information content (AvgIpc) is 2.63. The number of nitrogens with zero attached hydrogens (tertiary/aromatic N) is 4. The van der Waals surface area contributed by atoms with Crippen molar-refractivity contribution in [1.82, 2.24) is 20.0 Å². The number of carbonyl (C=O) groups excluding carboxylic acids is 1. The van der Waals surface area contributed by atoms with Crippen LogP contribution in [0.4, 0.5) is 4.79 Å². The zero-order valence-electron chi connectivity index (χ0n) is 15.9. The Bertz CT molecular complexity index is 427. The van der Waals surface area contributed by atoms with Crippen LogP contribution in [0.5, 0.6) is 0 Å². The summed E-state index contributed by atoms with van der Waals surface area (Å²) >= 11 is 0. The van der Waals surface area contributed by atoms with Crippen molar-refractivity contribution in [2.24, 2.45) is 4.99 Å². The van der Waals surface area contributed by atoms with Crippen LogP contribution in [-0.2, 0) is 4.74 Å². The molecule has 0 aromatic rings. The van der Waals surface area contributed by atoms with Crippen LogP contribution in [0.1, 0.15) is 33.1 Å². The molecule has 0 saturated carbocycles. The standard InChI is InChI=1S/C17H33N5O2.HI/c1-4-20-9-7-6-8-15(20)14-19-16(18-3)21-10-12-22(13-11-21)17(23)24-5-2;/h15H,4-14H2,1-3H3,(H,18,19);1H. The number of guanidine groups is 1. The zero-order chi connectivity index (χ0) is 17.4. The summed E-state index contributed by atoms with van der Waals surface area (Å²) in [5, 5.41) is 3.54. The van der Waals surface area contributed by atoms with Crippen LogP contribution in [0.3, 0.4) is 0 Å². The molecule has 0 aromatic carbocycles. The molecule has 1 N–H and O–H groups in total. The van der Waals surface area contributed by atoms with Gasteiger partial charge < -0.3 is 19.9 Å². The van der Waals surface area contributed by atoms with Crippen molar-refractivity contribution in [2.75, 3.05) is 59.5 Å². The maximum Gasteiger partial charge on any atom is 0.409 e. The highest BCUT2D eigenvalue weighted by Crippen LogP contribution is 2.16. The van der Waals surface area contributed by atoms with E-state index in [1.54, 1.807) is 4.90 Å². The van der Waals surface area contributed by atoms with E-state index >= 15 is 0 Å². The van der Waals surface area contributed by atoms with Crippen molar-refractivity contribution in [1.29, 1.82) is 0 Å². The number of likely N-dealkylation sites (tertiary alicyclic amines) is 1. The molecule has 0 aromatic heterocycles. The summed E-state index contributed by atoms with van der Waals surface area (Å²) < 4.78 is 5.07. The minimum absolute atomic E-state index is 0. The van der Waals surface area contributed by atoms with Gasteiger partial charge in [-0.1, -0.05) is 13.3 Å². The fourth-order valence-corrected chi connectivity index (χ4v) is 3.56. The van der Waals surface area contributed by atoms with Crippen LogP contribution >= 0.6 is 24.0 Å². The van der Waals surface area contributed by atoms with Crippen molar-refractivity contribution in [3.8, 4) is 0 Å². The molecule has 8 heteroatoms. The van der Waals surface area contributed by atoms with Gasteiger partial charge in [0.2, 0.25) is 0 Å². The van der Waals surface area contributed by atoms with Gasteiger partial charge in [-0.15, -0.1) is 24.0 Å². The van der Waals surface area contributed by atoms with Gasteiger partial charge in [0.1, 0.15) is 0 Å². The summed E-state index contributed by atoms with van der Waals surface area (Å²) in [6.07, 6.45) is 3.68. The van der Waals surface area contributed by atoms with E-state index in [0.29, 0.717) is 25.7 Å². The average molecular weight is 467 g/mol. The van der Waals surface area contributed by atoms with E-state index in [9.17, 15) is 4.79 Å². The molecule has 2 saturated heterocycles. The molecule has 0 bridgehead atoms. The topological polar surface area (TPSA) is 60.4 Å². The number of hydrogen-bond donors (Lipinski definition) is 1. The van der Waals surface area contributed by atoms with E-state index in [2.05, 4.69) is 27.0 Å². The highest BCUT2D eigenvalue weighted by molar-refractivity contribution is 14.0. The molecule has 2 aliphatic heterocycles. The lowest BCUT2D eigenvalue weighted by Crippen LogP contribution is -2.55. The smallest absolute Gasteiger partial charge is 0.409 e. The molecule has 2 aliphatic rings. The molecule has 7 nitrogen and oxygen atoms in total. The highest BCUT2D eigenvalue weighted by Gasteiger charge is 2.25. The van der Waals surface area contributed by atoms with Gasteiger partial charge in [-0.05, 0) is 32.9 Å². The van der Waals surface area contributed by atoms with E-state index in [-0.39, 0.29) is 30.1 Å². The van der Waals surface area contributed by atoms with Crippen molar-refractivity contribution in [2.45, 2.75) is 39.2 Å². The number of rotatable bonds is 4. The number of hydrogen-bond acceptors (Lipinski definition) is 4. The third kappa shape index (κ3) is 6.47. The summed E-state index contributed by atoms with van der Waals surface area (Å²) in [7, 11) is 1.83. The normalized spacial score (nSPS) is 22.4. The van der Waals surface area contributed by atoms with Gasteiger partial charge in [0.05, 0.1) is 6.61 Å². The van der Waals surface area contributed by atoms with Gasteiger partial charge in [0.15, 0.2) is 5.96 Å². The first-order chi connectivity index (χ1) is 11.7. The van der Waals surface area contributed by atoms with Crippen molar-refractivity contribution in [3.05, 3.63) is 0 Å². The Morgan fingerprint density at radius 1 is 1.12 bits per heavy atom. The lowest BCUT2D eigenvalue weighted by atomic mass is 10.0. The van der Waals surface area contributed by atoms with Gasteiger partial charge in [-0.2, -0.15) is 0 Å². The molecular formula is C17H34IN5O2. The maximum atomic E-state index is 11.8. The second kappa shape index (κ2) is 11.8. The molecular weight excluding hydrogens is 433 g/mol. The fourth-order valence-electron chi connectivity index (χ4n) is 3.56. The summed E-state index contributed by atoms with van der Waals surface area (Å²) in [6.45, 7) is 10.7. The Morgan fingerprint density at radius 2 is 1.80 bits per heavy atom. The first-order valence-corrected chi connectivity index (χ1v) is 9.30. The molecule has 2 fully saturated rings. The van der Waals surface area contributed by atoms with Crippen LogP contribution in [0.25, 0.3) is 0 Å². The Hall–Kier alpha value is -0.770. The van der Waals surface area contributed by atoms with Crippen LogP contribution < -0.4 is 5.32 Å². The third-order valence-electron chi connectivity index (χ3n) is 4.97. The number of piperidine rings is 1. The number of aliphatic imine (C=N–C) groups is 1.